The summed E-state index contributed by atoms with van der Waals surface area (Å²) in [5.74, 6) is -5.04. The Morgan fingerprint density at radius 3 is 2.60 bits per heavy atom. The molecule has 0 fully saturated rings. The molecule has 0 aliphatic heterocycles. The van der Waals surface area contributed by atoms with Gasteiger partial charge in [-0.2, -0.15) is 18.4 Å². The summed E-state index contributed by atoms with van der Waals surface area (Å²) in [6, 6.07) is 15.2. The minimum Gasteiger partial charge on any atom is -0.493 e. The number of esters is 2. The van der Waals surface area contributed by atoms with Gasteiger partial charge in [0.25, 0.3) is 0 Å². The maximum absolute atomic E-state index is 15.7. The highest BCUT2D eigenvalue weighted by molar-refractivity contribution is 5.90. The number of alkyl halides is 3. The van der Waals surface area contributed by atoms with E-state index in [4.69, 9.17) is 4.74 Å². The summed E-state index contributed by atoms with van der Waals surface area (Å²) in [6.45, 7) is 1.02. The second kappa shape index (κ2) is 13.2. The molecule has 2 heterocycles. The van der Waals surface area contributed by atoms with Crippen molar-refractivity contribution in [3.05, 3.63) is 83.4 Å². The molecule has 0 amide bonds. The second-order valence-corrected chi connectivity index (χ2v) is 9.68. The number of hydrogen-bond acceptors (Lipinski definition) is 8. The van der Waals surface area contributed by atoms with E-state index < -0.39 is 36.3 Å². The first-order valence-electron chi connectivity index (χ1n) is 13.1. The van der Waals surface area contributed by atoms with Gasteiger partial charge in [0.2, 0.25) is 0 Å². The third-order valence-electron chi connectivity index (χ3n) is 6.55. The molecular weight excluding hydrogens is 570 g/mol. The van der Waals surface area contributed by atoms with Gasteiger partial charge in [-0.05, 0) is 47.9 Å². The molecular formula is C30H27F4N5O4. The first kappa shape index (κ1) is 30.8. The molecule has 0 saturated heterocycles. The first-order valence-corrected chi connectivity index (χ1v) is 13.1. The highest BCUT2D eigenvalue weighted by Gasteiger charge is 2.43. The predicted molar refractivity (Wildman–Crippen MR) is 150 cm³/mol. The molecule has 0 radical (unpaired) electrons. The van der Waals surface area contributed by atoms with E-state index in [0.717, 1.165) is 5.82 Å². The zero-order valence-corrected chi connectivity index (χ0v) is 23.2. The van der Waals surface area contributed by atoms with Gasteiger partial charge in [0.15, 0.2) is 0 Å². The number of benzene rings is 2. The van der Waals surface area contributed by atoms with Crippen LogP contribution >= 0.6 is 0 Å². The van der Waals surface area contributed by atoms with Gasteiger partial charge in [-0.3, -0.25) is 4.79 Å². The number of rotatable bonds is 11. The molecule has 0 saturated carbocycles. The third kappa shape index (κ3) is 7.40. The van der Waals surface area contributed by atoms with Gasteiger partial charge in [0.05, 0.1) is 18.7 Å². The Bertz CT molecular complexity index is 1650. The number of nitrogens with zero attached hydrogens (tertiary/aromatic N) is 3. The number of carbonyl (C=O) groups is 2. The van der Waals surface area contributed by atoms with E-state index in [2.05, 4.69) is 20.0 Å². The molecule has 43 heavy (non-hydrogen) atoms. The number of H-pyrrole nitrogens is 1. The lowest BCUT2D eigenvalue weighted by molar-refractivity contribution is -0.201. The largest absolute Gasteiger partial charge is 0.493 e. The molecule has 2 aromatic heterocycles. The number of nitriles is 1. The molecule has 4 rings (SSSR count). The highest BCUT2D eigenvalue weighted by atomic mass is 19.4. The number of aromatic amines is 1. The van der Waals surface area contributed by atoms with Crippen molar-refractivity contribution in [3.63, 3.8) is 0 Å². The topological polar surface area (TPSA) is 120 Å². The number of anilines is 2. The van der Waals surface area contributed by atoms with Crippen LogP contribution in [0.2, 0.25) is 0 Å². The molecule has 0 spiro atoms. The Morgan fingerprint density at radius 2 is 1.93 bits per heavy atom. The fourth-order valence-electron chi connectivity index (χ4n) is 4.54. The smallest absolute Gasteiger partial charge is 0.491 e. The maximum Gasteiger partial charge on any atom is 0.491 e. The average Bonchev–Trinajstić information content (AvgIpc) is 3.38. The fraction of sp³-hybridized carbons (Fsp3) is 0.267. The molecule has 2 aromatic carbocycles. The summed E-state index contributed by atoms with van der Waals surface area (Å²) < 4.78 is 63.8. The number of aromatic nitrogens is 2. The predicted octanol–water partition coefficient (Wildman–Crippen LogP) is 5.67. The van der Waals surface area contributed by atoms with Gasteiger partial charge >= 0.3 is 18.1 Å². The number of carbonyl (C=O) groups excluding carboxylic acids is 2. The molecule has 0 bridgehead atoms. The van der Waals surface area contributed by atoms with Crippen molar-refractivity contribution in [2.75, 3.05) is 37.5 Å². The summed E-state index contributed by atoms with van der Waals surface area (Å²) in [4.78, 5) is 32.5. The molecule has 224 valence electrons. The molecule has 0 aliphatic carbocycles. The lowest BCUT2D eigenvalue weighted by Crippen LogP contribution is -2.28. The van der Waals surface area contributed by atoms with Crippen LogP contribution in [0.3, 0.4) is 0 Å². The molecule has 1 unspecified atom stereocenters. The minimum absolute atomic E-state index is 0.125. The molecule has 13 heteroatoms. The number of hydrogen-bond donors (Lipinski definition) is 2. The van der Waals surface area contributed by atoms with Crippen molar-refractivity contribution in [1.29, 1.82) is 5.26 Å². The minimum atomic E-state index is -5.39. The zero-order chi connectivity index (χ0) is 31.1. The first-order chi connectivity index (χ1) is 20.5. The SMILES string of the molecule is CN(C)c1ccc(C(CC(=O)OC(=O)C(F)(F)F)c2c[nH]c3cc(OCCCNc4ccccn4)ccc23)c(F)c1C#N. The van der Waals surface area contributed by atoms with Crippen molar-refractivity contribution in [3.8, 4) is 11.8 Å². The van der Waals surface area contributed by atoms with E-state index in [1.165, 1.54) is 23.2 Å². The second-order valence-electron chi connectivity index (χ2n) is 9.68. The quantitative estimate of drug-likeness (QED) is 0.0982. The van der Waals surface area contributed by atoms with Crippen molar-refractivity contribution in [1.82, 2.24) is 9.97 Å². The molecule has 0 aliphatic rings. The normalized spacial score (nSPS) is 11.9. The molecule has 4 aromatic rings. The third-order valence-corrected chi connectivity index (χ3v) is 6.55. The summed E-state index contributed by atoms with van der Waals surface area (Å²) >= 11 is 0. The van der Waals surface area contributed by atoms with Crippen LogP contribution in [0.5, 0.6) is 5.75 Å². The standard InChI is InChI=1S/C30H27F4N5O4/c1-39(2)25-10-9-20(28(31)22(25)16-35)21(15-27(40)43-29(41)30(32,33)34)23-17-38-24-14-18(7-8-19(23)24)42-13-5-12-37-26-6-3-4-11-36-26/h3-4,6-11,14,17,21,38H,5,12-13,15H2,1-2H3,(H,36,37). The van der Waals surface area contributed by atoms with Crippen LogP contribution in [0.4, 0.5) is 29.1 Å². The fourth-order valence-corrected chi connectivity index (χ4v) is 4.54. The number of nitrogens with one attached hydrogen (secondary N) is 2. The van der Waals surface area contributed by atoms with Crippen molar-refractivity contribution in [2.24, 2.45) is 0 Å². The van der Waals surface area contributed by atoms with Crippen molar-refractivity contribution < 1.29 is 36.6 Å². The number of ether oxygens (including phenoxy) is 2. The lowest BCUT2D eigenvalue weighted by atomic mass is 9.86. The van der Waals surface area contributed by atoms with Crippen LogP contribution in [0.1, 0.15) is 35.4 Å². The number of pyridine rings is 1. The van der Waals surface area contributed by atoms with Gasteiger partial charge in [0.1, 0.15) is 29.0 Å². The Morgan fingerprint density at radius 1 is 1.14 bits per heavy atom. The number of fused-ring (bicyclic) bond motifs is 1. The Kier molecular flexibility index (Phi) is 9.49. The van der Waals surface area contributed by atoms with Gasteiger partial charge in [-0.1, -0.05) is 12.1 Å². The van der Waals surface area contributed by atoms with Crippen LogP contribution in [0, 0.1) is 17.1 Å². The van der Waals surface area contributed by atoms with E-state index in [1.807, 2.05) is 18.2 Å². The highest BCUT2D eigenvalue weighted by Crippen LogP contribution is 2.38. The van der Waals surface area contributed by atoms with Gasteiger partial charge in [-0.15, -0.1) is 0 Å². The van der Waals surface area contributed by atoms with Crippen LogP contribution < -0.4 is 15.0 Å². The van der Waals surface area contributed by atoms with E-state index in [1.54, 1.807) is 44.6 Å². The summed E-state index contributed by atoms with van der Waals surface area (Å²) in [7, 11) is 3.23. The average molecular weight is 598 g/mol. The molecule has 9 nitrogen and oxygen atoms in total. The molecule has 2 N–H and O–H groups in total. The van der Waals surface area contributed by atoms with Gasteiger partial charge < -0.3 is 24.7 Å². The monoisotopic (exact) mass is 597 g/mol. The summed E-state index contributed by atoms with van der Waals surface area (Å²) in [5, 5.41) is 13.3. The van der Waals surface area contributed by atoms with E-state index in [-0.39, 0.29) is 16.8 Å². The Balaban J connectivity index is 1.59. The van der Waals surface area contributed by atoms with Crippen LogP contribution in [0.25, 0.3) is 10.9 Å². The summed E-state index contributed by atoms with van der Waals surface area (Å²) in [5.41, 5.74) is 0.737. The Hall–Kier alpha value is -5.12. The van der Waals surface area contributed by atoms with Crippen LogP contribution in [-0.2, 0) is 14.3 Å². The Labute approximate surface area is 244 Å². The number of halogens is 4. The molecule has 1 atom stereocenters. The lowest BCUT2D eigenvalue weighted by Gasteiger charge is -2.21. The zero-order valence-electron chi connectivity index (χ0n) is 23.2. The van der Waals surface area contributed by atoms with E-state index >= 15 is 4.39 Å². The van der Waals surface area contributed by atoms with E-state index in [9.17, 15) is 28.0 Å². The van der Waals surface area contributed by atoms with E-state index in [0.29, 0.717) is 41.8 Å². The van der Waals surface area contributed by atoms with Crippen molar-refractivity contribution in [2.45, 2.75) is 24.9 Å². The van der Waals surface area contributed by atoms with Crippen LogP contribution in [-0.4, -0.2) is 55.3 Å². The maximum atomic E-state index is 15.7. The van der Waals surface area contributed by atoms with Crippen LogP contribution in [0.15, 0.2) is 60.9 Å². The van der Waals surface area contributed by atoms with Gasteiger partial charge in [0, 0.05) is 55.9 Å². The van der Waals surface area contributed by atoms with Gasteiger partial charge in [-0.25, -0.2) is 14.2 Å². The van der Waals surface area contributed by atoms with Crippen molar-refractivity contribution >= 4 is 34.3 Å². The summed E-state index contributed by atoms with van der Waals surface area (Å²) in [6.07, 6.45) is -2.35.